The van der Waals surface area contributed by atoms with Gasteiger partial charge < -0.3 is 10.2 Å². The Labute approximate surface area is 177 Å². The number of aryl methyl sites for hydroxylation is 1. The van der Waals surface area contributed by atoms with Crippen LogP contribution in [0.2, 0.25) is 10.0 Å². The molecule has 28 heavy (non-hydrogen) atoms. The summed E-state index contributed by atoms with van der Waals surface area (Å²) >= 11 is 12.1. The first-order valence-electron chi connectivity index (χ1n) is 9.35. The lowest BCUT2D eigenvalue weighted by atomic mass is 9.96. The third-order valence-corrected chi connectivity index (χ3v) is 6.97. The molecule has 0 bridgehead atoms. The van der Waals surface area contributed by atoms with Crippen LogP contribution in [0.1, 0.15) is 19.8 Å². The number of hydrogen-bond acceptors (Lipinski definition) is 4. The summed E-state index contributed by atoms with van der Waals surface area (Å²) in [5, 5.41) is 8.13. The van der Waals surface area contributed by atoms with E-state index in [-0.39, 0.29) is 11.8 Å². The van der Waals surface area contributed by atoms with Crippen molar-refractivity contribution in [2.24, 2.45) is 5.92 Å². The number of halogens is 2. The molecule has 1 aliphatic heterocycles. The lowest BCUT2D eigenvalue weighted by Gasteiger charge is -2.31. The van der Waals surface area contributed by atoms with E-state index >= 15 is 0 Å². The lowest BCUT2D eigenvalue weighted by molar-refractivity contribution is -0.121. The predicted octanol–water partition coefficient (Wildman–Crippen LogP) is 3.67. The fourth-order valence-electron chi connectivity index (χ4n) is 3.24. The summed E-state index contributed by atoms with van der Waals surface area (Å²) in [6.07, 6.45) is 5.09. The summed E-state index contributed by atoms with van der Waals surface area (Å²) in [6, 6.07) is 5.02. The van der Waals surface area contributed by atoms with Crippen molar-refractivity contribution in [1.82, 2.24) is 14.7 Å². The van der Waals surface area contributed by atoms with Crippen LogP contribution in [0.3, 0.4) is 0 Å². The van der Waals surface area contributed by atoms with Gasteiger partial charge in [-0.3, -0.25) is 13.7 Å². The van der Waals surface area contributed by atoms with Crippen LogP contribution >= 0.6 is 23.2 Å². The molecule has 1 aliphatic rings. The van der Waals surface area contributed by atoms with Crippen LogP contribution in [0.5, 0.6) is 0 Å². The number of carbonyl (C=O) groups excluding carboxylic acids is 1. The average Bonchev–Trinajstić information content (AvgIpc) is 3.16. The Hall–Kier alpha value is -1.41. The fraction of sp³-hybridized carbons (Fsp3) is 0.474. The molecule has 2 heterocycles. The Bertz CT molecular complexity index is 850. The highest BCUT2D eigenvalue weighted by molar-refractivity contribution is 7.85. The van der Waals surface area contributed by atoms with Crippen molar-refractivity contribution in [1.29, 1.82) is 0 Å². The minimum Gasteiger partial charge on any atom is -0.323 e. The third kappa shape index (κ3) is 5.56. The number of rotatable bonds is 7. The molecule has 0 saturated carbocycles. The van der Waals surface area contributed by atoms with Crippen LogP contribution < -0.4 is 5.32 Å². The largest absolute Gasteiger partial charge is 0.323 e. The molecule has 3 rings (SSSR count). The van der Waals surface area contributed by atoms with E-state index in [9.17, 15) is 9.00 Å². The average molecular weight is 443 g/mol. The Morgan fingerprint density at radius 2 is 2.07 bits per heavy atom. The number of aromatic nitrogens is 2. The van der Waals surface area contributed by atoms with Crippen LogP contribution in [-0.4, -0.2) is 50.2 Å². The topological polar surface area (TPSA) is 67.2 Å². The quantitative estimate of drug-likeness (QED) is 0.709. The molecule has 2 aromatic rings. The summed E-state index contributed by atoms with van der Waals surface area (Å²) in [6.45, 7) is 5.10. The molecule has 1 amide bonds. The zero-order chi connectivity index (χ0) is 20.1. The smallest absolute Gasteiger partial charge is 0.227 e. The molecule has 152 valence electrons. The maximum absolute atomic E-state index is 12.5. The summed E-state index contributed by atoms with van der Waals surface area (Å²) in [5.41, 5.74) is 0.739. The Morgan fingerprint density at radius 3 is 2.75 bits per heavy atom. The maximum Gasteiger partial charge on any atom is 0.227 e. The standard InChI is InChI=1S/C19H24Cl2N4O2S/c1-2-25-13-16(12-22-25)23-19(26)14-5-7-24(8-6-14)9-10-28(27)18-11-15(20)3-4-17(18)21/h3-4,11-14H,2,5-10H2,1H3,(H,23,26). The van der Waals surface area contributed by atoms with Crippen LogP contribution in [0.15, 0.2) is 35.5 Å². The van der Waals surface area contributed by atoms with Crippen molar-refractivity contribution in [3.63, 3.8) is 0 Å². The lowest BCUT2D eigenvalue weighted by Crippen LogP contribution is -2.39. The number of nitrogens with one attached hydrogen (secondary N) is 1. The molecule has 1 fully saturated rings. The summed E-state index contributed by atoms with van der Waals surface area (Å²) in [7, 11) is -1.20. The monoisotopic (exact) mass is 442 g/mol. The fourth-order valence-corrected chi connectivity index (χ4v) is 5.04. The van der Waals surface area contributed by atoms with Gasteiger partial charge >= 0.3 is 0 Å². The van der Waals surface area contributed by atoms with Crippen molar-refractivity contribution in [2.45, 2.75) is 31.2 Å². The first-order chi connectivity index (χ1) is 13.5. The molecule has 0 aliphatic carbocycles. The van der Waals surface area contributed by atoms with E-state index in [0.717, 1.165) is 38.2 Å². The van der Waals surface area contributed by atoms with Gasteiger partial charge in [0.05, 0.1) is 32.6 Å². The zero-order valence-electron chi connectivity index (χ0n) is 15.7. The van der Waals surface area contributed by atoms with Gasteiger partial charge in [0.2, 0.25) is 5.91 Å². The van der Waals surface area contributed by atoms with Crippen molar-refractivity contribution < 1.29 is 9.00 Å². The number of amides is 1. The number of carbonyl (C=O) groups is 1. The molecule has 6 nitrogen and oxygen atoms in total. The molecule has 1 N–H and O–H groups in total. The number of likely N-dealkylation sites (tertiary alicyclic amines) is 1. The number of nitrogens with zero attached hydrogens (tertiary/aromatic N) is 3. The van der Waals surface area contributed by atoms with Gasteiger partial charge in [0.1, 0.15) is 0 Å². The molecule has 1 atom stereocenters. The summed E-state index contributed by atoms with van der Waals surface area (Å²) < 4.78 is 14.3. The van der Waals surface area contributed by atoms with Gasteiger partial charge in [0.15, 0.2) is 0 Å². The van der Waals surface area contributed by atoms with Gasteiger partial charge in [-0.1, -0.05) is 23.2 Å². The number of benzene rings is 1. The van der Waals surface area contributed by atoms with Crippen molar-refractivity contribution in [3.8, 4) is 0 Å². The highest BCUT2D eigenvalue weighted by Gasteiger charge is 2.25. The molecular weight excluding hydrogens is 419 g/mol. The van der Waals surface area contributed by atoms with E-state index in [2.05, 4.69) is 15.3 Å². The van der Waals surface area contributed by atoms with E-state index < -0.39 is 10.8 Å². The van der Waals surface area contributed by atoms with Gasteiger partial charge in [0.25, 0.3) is 0 Å². The number of piperidine rings is 1. The van der Waals surface area contributed by atoms with Gasteiger partial charge in [-0.2, -0.15) is 5.10 Å². The molecular formula is C19H24Cl2N4O2S. The summed E-state index contributed by atoms with van der Waals surface area (Å²) in [5.74, 6) is 0.534. The Kier molecular flexibility index (Phi) is 7.51. The SMILES string of the molecule is CCn1cc(NC(=O)C2CCN(CCS(=O)c3cc(Cl)ccc3Cl)CC2)cn1. The molecule has 1 saturated heterocycles. The minimum atomic E-state index is -1.20. The van der Waals surface area contributed by atoms with Crippen molar-refractivity contribution >= 4 is 45.6 Å². The van der Waals surface area contributed by atoms with Crippen LogP contribution in [-0.2, 0) is 22.1 Å². The van der Waals surface area contributed by atoms with Crippen molar-refractivity contribution in [2.75, 3.05) is 30.7 Å². The normalized spacial score (nSPS) is 16.8. The van der Waals surface area contributed by atoms with E-state index in [1.165, 1.54) is 0 Å². The van der Waals surface area contributed by atoms with E-state index in [4.69, 9.17) is 23.2 Å². The molecule has 9 heteroatoms. The highest BCUT2D eigenvalue weighted by atomic mass is 35.5. The Balaban J connectivity index is 1.44. The number of hydrogen-bond donors (Lipinski definition) is 1. The third-order valence-electron chi connectivity index (χ3n) is 4.91. The summed E-state index contributed by atoms with van der Waals surface area (Å²) in [4.78, 5) is 15.3. The molecule has 0 spiro atoms. The second-order valence-corrected chi connectivity index (χ2v) is 9.20. The first kappa shape index (κ1) is 21.3. The molecule has 1 unspecified atom stereocenters. The van der Waals surface area contributed by atoms with Crippen LogP contribution in [0, 0.1) is 5.92 Å². The molecule has 1 aromatic heterocycles. The van der Waals surface area contributed by atoms with E-state index in [1.54, 1.807) is 29.1 Å². The van der Waals surface area contributed by atoms with E-state index in [1.807, 2.05) is 13.1 Å². The van der Waals surface area contributed by atoms with E-state index in [0.29, 0.717) is 27.2 Å². The van der Waals surface area contributed by atoms with Gasteiger partial charge in [-0.15, -0.1) is 0 Å². The van der Waals surface area contributed by atoms with Crippen LogP contribution in [0.4, 0.5) is 5.69 Å². The van der Waals surface area contributed by atoms with Crippen LogP contribution in [0.25, 0.3) is 0 Å². The molecule has 1 aromatic carbocycles. The van der Waals surface area contributed by atoms with Gasteiger partial charge in [-0.25, -0.2) is 0 Å². The van der Waals surface area contributed by atoms with Crippen molar-refractivity contribution in [3.05, 3.63) is 40.6 Å². The maximum atomic E-state index is 12.5. The highest BCUT2D eigenvalue weighted by Crippen LogP contribution is 2.24. The first-order valence-corrected chi connectivity index (χ1v) is 11.4. The van der Waals surface area contributed by atoms with Gasteiger partial charge in [0, 0.05) is 36.0 Å². The second-order valence-electron chi connectivity index (χ2n) is 6.81. The molecule has 0 radical (unpaired) electrons. The zero-order valence-corrected chi connectivity index (χ0v) is 18.1. The predicted molar refractivity (Wildman–Crippen MR) is 113 cm³/mol. The van der Waals surface area contributed by atoms with Gasteiger partial charge in [-0.05, 0) is 51.1 Å². The second kappa shape index (κ2) is 9.87. The Morgan fingerprint density at radius 1 is 1.32 bits per heavy atom. The number of anilines is 1. The minimum absolute atomic E-state index is 0.00546.